The molecule has 2 aliphatic rings. The molecule has 8 N–H and O–H groups in total. The lowest BCUT2D eigenvalue weighted by atomic mass is 9.77. The molecular formula is C47H45N7O12. The maximum Gasteiger partial charge on any atom is 0.340 e. The number of carboxylic acid groups (broad SMARTS) is 2. The number of anilines is 2. The van der Waals surface area contributed by atoms with Crippen molar-refractivity contribution in [3.05, 3.63) is 135 Å². The molecule has 4 aromatic carbocycles. The molecule has 19 nitrogen and oxygen atoms in total. The molecule has 2 aliphatic heterocycles. The van der Waals surface area contributed by atoms with Crippen LogP contribution in [0.3, 0.4) is 0 Å². The molecule has 19 heteroatoms. The largest absolute Gasteiger partial charge is 0.508 e. The Labute approximate surface area is 376 Å². The van der Waals surface area contributed by atoms with Gasteiger partial charge in [-0.1, -0.05) is 50.8 Å². The summed E-state index contributed by atoms with van der Waals surface area (Å²) >= 11 is 0. The number of H-pyrrole nitrogens is 1. The van der Waals surface area contributed by atoms with Gasteiger partial charge in [-0.15, -0.1) is 0 Å². The molecule has 4 heterocycles. The van der Waals surface area contributed by atoms with Crippen LogP contribution in [0, 0.1) is 0 Å². The summed E-state index contributed by atoms with van der Waals surface area (Å²) in [5, 5.41) is 33.3. The summed E-state index contributed by atoms with van der Waals surface area (Å²) in [6, 6.07) is 21.9. The number of phenolic OH excluding ortho intramolecular Hbond substituents is 1. The maximum absolute atomic E-state index is 12.8. The van der Waals surface area contributed by atoms with Crippen molar-refractivity contribution >= 4 is 52.6 Å². The van der Waals surface area contributed by atoms with Crippen LogP contribution in [0.2, 0.25) is 0 Å². The number of amides is 1. The highest BCUT2D eigenvalue weighted by atomic mass is 16.6. The monoisotopic (exact) mass is 899 g/mol. The molecule has 2 aromatic heterocycles. The van der Waals surface area contributed by atoms with Gasteiger partial charge in [0.2, 0.25) is 5.95 Å². The van der Waals surface area contributed by atoms with E-state index in [9.17, 15) is 33.9 Å². The van der Waals surface area contributed by atoms with Gasteiger partial charge in [0.15, 0.2) is 16.8 Å². The van der Waals surface area contributed by atoms with E-state index in [1.807, 2.05) is 12.1 Å². The first-order chi connectivity index (χ1) is 31.7. The molecule has 0 aliphatic carbocycles. The fourth-order valence-corrected chi connectivity index (χ4v) is 7.52. The Morgan fingerprint density at radius 1 is 0.864 bits per heavy atom. The van der Waals surface area contributed by atoms with E-state index in [4.69, 9.17) is 30.2 Å². The van der Waals surface area contributed by atoms with E-state index >= 15 is 0 Å². The summed E-state index contributed by atoms with van der Waals surface area (Å²) in [5.41, 5.74) is 7.68. The maximum atomic E-state index is 12.8. The number of ether oxygens (including phenoxy) is 3. The van der Waals surface area contributed by atoms with Gasteiger partial charge in [0.1, 0.15) is 29.0 Å². The zero-order chi connectivity index (χ0) is 47.0. The summed E-state index contributed by atoms with van der Waals surface area (Å²) in [5.74, 6) is -2.72. The first-order valence-corrected chi connectivity index (χ1v) is 21.1. The summed E-state index contributed by atoms with van der Waals surface area (Å²) in [4.78, 5) is 85.7. The molecule has 1 amide bonds. The van der Waals surface area contributed by atoms with Gasteiger partial charge < -0.3 is 45.9 Å². The number of esters is 2. The highest BCUT2D eigenvalue weighted by Crippen LogP contribution is 2.57. The molecule has 0 saturated carbocycles. The van der Waals surface area contributed by atoms with Gasteiger partial charge in [0.05, 0.1) is 24.0 Å². The second kappa shape index (κ2) is 20.0. The van der Waals surface area contributed by atoms with Crippen molar-refractivity contribution in [3.63, 3.8) is 0 Å². The molecule has 0 fully saturated rings. The standard InChI is InChI=1S/C28H26O6.C19H19N7O6/c1-2-3-4-5-6-11-26(30)32-19-13-15-23-25(17-19)33-24-16-18(29)12-14-22(24)28(23)21-10-8-7-9-20(21)27(31)34-28;20-19-25-15-14(17(30)26-19)23-11(8-22-15)7-21-10-3-1-9(2-4-10)16(29)24-12(18(31)32)5-6-13(27)28/h7-10,12-17,29H,2-6,11H2,1H3;1-4,8,12,21H,5-7H2,(H,24,29)(H,27,28)(H,31,32)(H3,20,22,25,26,30). The molecule has 2 atom stereocenters. The Balaban J connectivity index is 0.000000197. The number of hydrogen-bond donors (Lipinski definition) is 7. The van der Waals surface area contributed by atoms with Gasteiger partial charge in [-0.3, -0.25) is 24.2 Å². The molecule has 66 heavy (non-hydrogen) atoms. The number of rotatable bonds is 16. The Hall–Kier alpha value is -8.35. The van der Waals surface area contributed by atoms with Crippen molar-refractivity contribution in [1.82, 2.24) is 25.3 Å². The highest BCUT2D eigenvalue weighted by Gasteiger charge is 2.53. The number of nitrogens with two attached hydrogens (primary N) is 1. The molecule has 0 bridgehead atoms. The minimum absolute atomic E-state index is 0.0283. The second-order valence-electron chi connectivity index (χ2n) is 15.4. The van der Waals surface area contributed by atoms with Gasteiger partial charge in [0, 0.05) is 52.9 Å². The van der Waals surface area contributed by atoms with E-state index in [1.165, 1.54) is 30.8 Å². The van der Waals surface area contributed by atoms with Crippen LogP contribution in [-0.2, 0) is 31.3 Å². The number of carbonyl (C=O) groups excluding carboxylic acids is 3. The number of aromatic amines is 1. The zero-order valence-electron chi connectivity index (χ0n) is 35.5. The molecule has 2 unspecified atom stereocenters. The van der Waals surface area contributed by atoms with Crippen molar-refractivity contribution < 1.29 is 53.5 Å². The van der Waals surface area contributed by atoms with E-state index < -0.39 is 41.0 Å². The third kappa shape index (κ3) is 10.2. The Bertz CT molecular complexity index is 2890. The lowest BCUT2D eigenvalue weighted by Gasteiger charge is -2.36. The molecule has 0 radical (unpaired) electrons. The number of benzene rings is 4. The van der Waals surface area contributed by atoms with Crippen molar-refractivity contribution in [2.45, 2.75) is 76.5 Å². The number of carbonyl (C=O) groups is 5. The third-order valence-corrected chi connectivity index (χ3v) is 10.7. The van der Waals surface area contributed by atoms with Gasteiger partial charge in [0.25, 0.3) is 11.5 Å². The Kier molecular flexibility index (Phi) is 13.8. The van der Waals surface area contributed by atoms with E-state index in [-0.39, 0.29) is 53.8 Å². The topological polar surface area (TPSA) is 295 Å². The van der Waals surface area contributed by atoms with Crippen molar-refractivity contribution in [2.24, 2.45) is 0 Å². The fraction of sp³-hybridized carbons (Fsp3) is 0.255. The van der Waals surface area contributed by atoms with Crippen LogP contribution in [0.25, 0.3) is 11.2 Å². The van der Waals surface area contributed by atoms with E-state index in [0.29, 0.717) is 57.3 Å². The highest BCUT2D eigenvalue weighted by molar-refractivity contribution is 5.98. The van der Waals surface area contributed by atoms with E-state index in [0.717, 1.165) is 25.7 Å². The minimum Gasteiger partial charge on any atom is -0.508 e. The smallest absolute Gasteiger partial charge is 0.340 e. The molecule has 8 rings (SSSR count). The van der Waals surface area contributed by atoms with Crippen LogP contribution in [0.1, 0.15) is 101 Å². The molecule has 6 aromatic rings. The van der Waals surface area contributed by atoms with Crippen LogP contribution < -0.4 is 31.4 Å². The number of hydrogen-bond acceptors (Lipinski definition) is 15. The molecule has 340 valence electrons. The lowest BCUT2D eigenvalue weighted by Crippen LogP contribution is -2.41. The number of fused-ring (bicyclic) bond motifs is 7. The predicted octanol–water partition coefficient (Wildman–Crippen LogP) is 6.18. The van der Waals surface area contributed by atoms with E-state index in [2.05, 4.69) is 37.5 Å². The van der Waals surface area contributed by atoms with Gasteiger partial charge in [-0.2, -0.15) is 4.98 Å². The average molecular weight is 900 g/mol. The number of unbranched alkanes of at least 4 members (excludes halogenated alkanes) is 4. The van der Waals surface area contributed by atoms with E-state index in [1.54, 1.807) is 54.6 Å². The van der Waals surface area contributed by atoms with Crippen LogP contribution in [-0.4, -0.2) is 71.1 Å². The summed E-state index contributed by atoms with van der Waals surface area (Å²) < 4.78 is 17.7. The number of aliphatic carboxylic acids is 2. The summed E-state index contributed by atoms with van der Waals surface area (Å²) in [6.45, 7) is 2.38. The number of nitrogens with zero attached hydrogens (tertiary/aromatic N) is 3. The first kappa shape index (κ1) is 45.7. The Morgan fingerprint density at radius 2 is 1.59 bits per heavy atom. The van der Waals surface area contributed by atoms with Crippen molar-refractivity contribution in [3.8, 4) is 23.0 Å². The third-order valence-electron chi connectivity index (χ3n) is 10.7. The molecular weight excluding hydrogens is 855 g/mol. The predicted molar refractivity (Wildman–Crippen MR) is 237 cm³/mol. The van der Waals surface area contributed by atoms with Crippen LogP contribution in [0.15, 0.2) is 95.9 Å². The summed E-state index contributed by atoms with van der Waals surface area (Å²) in [6.07, 6.45) is 6.43. The molecule has 0 saturated heterocycles. The number of nitrogens with one attached hydrogen (secondary N) is 3. The lowest BCUT2D eigenvalue weighted by molar-refractivity contribution is -0.140. The second-order valence-corrected chi connectivity index (χ2v) is 15.4. The van der Waals surface area contributed by atoms with Crippen LogP contribution in [0.4, 0.5) is 11.6 Å². The number of aromatic hydroxyl groups is 1. The SMILES string of the molecule is CCCCCCCC(=O)Oc1ccc2c(c1)Oc1cc(O)ccc1C21OC(=O)c2ccccc21.Nc1nc2ncc(CNc3ccc(C(=O)NC(CCC(=O)O)C(=O)O)cc3)nc2c(=O)[nH]1. The summed E-state index contributed by atoms with van der Waals surface area (Å²) in [7, 11) is 0. The Morgan fingerprint density at radius 3 is 2.33 bits per heavy atom. The molecule has 1 spiro atoms. The van der Waals surface area contributed by atoms with Gasteiger partial charge >= 0.3 is 23.9 Å². The minimum atomic E-state index is -1.31. The van der Waals surface area contributed by atoms with Crippen molar-refractivity contribution in [1.29, 1.82) is 0 Å². The first-order valence-electron chi connectivity index (χ1n) is 21.1. The van der Waals surface area contributed by atoms with Crippen molar-refractivity contribution in [2.75, 3.05) is 11.1 Å². The number of phenols is 1. The van der Waals surface area contributed by atoms with Crippen LogP contribution in [0.5, 0.6) is 23.0 Å². The quantitative estimate of drug-likeness (QED) is 0.0324. The fourth-order valence-electron chi connectivity index (χ4n) is 7.52. The van der Waals surface area contributed by atoms with Crippen LogP contribution >= 0.6 is 0 Å². The normalized spacial score (nSPS) is 14.6. The zero-order valence-corrected chi connectivity index (χ0v) is 35.5. The average Bonchev–Trinajstić information content (AvgIpc) is 3.58. The number of aromatic nitrogens is 4. The van der Waals surface area contributed by atoms with Gasteiger partial charge in [-0.05, 0) is 67.4 Å². The number of nitrogen functional groups attached to an aromatic ring is 1. The number of carboxylic acids is 2. The van der Waals surface area contributed by atoms with Gasteiger partial charge in [-0.25, -0.2) is 19.6 Å².